The zero-order valence-corrected chi connectivity index (χ0v) is 12.6. The van der Waals surface area contributed by atoms with Crippen LogP contribution in [0.15, 0.2) is 0 Å². The van der Waals surface area contributed by atoms with E-state index < -0.39 is 5.60 Å². The van der Waals surface area contributed by atoms with Crippen molar-refractivity contribution in [3.63, 3.8) is 0 Å². The Kier molecular flexibility index (Phi) is 6.07. The summed E-state index contributed by atoms with van der Waals surface area (Å²) in [7, 11) is 0. The maximum Gasteiger partial charge on any atom is 0.410 e. The van der Waals surface area contributed by atoms with Crippen LogP contribution in [0.5, 0.6) is 0 Å². The molecule has 1 heterocycles. The van der Waals surface area contributed by atoms with Gasteiger partial charge in [-0.3, -0.25) is 0 Å². The van der Waals surface area contributed by atoms with Gasteiger partial charge in [0, 0.05) is 13.1 Å². The second-order valence-electron chi connectivity index (χ2n) is 6.23. The van der Waals surface area contributed by atoms with Crippen molar-refractivity contribution in [3.8, 4) is 0 Å². The van der Waals surface area contributed by atoms with Crippen LogP contribution in [0, 0.1) is 0 Å². The van der Waals surface area contributed by atoms with Crippen LogP contribution >= 0.6 is 0 Å². The summed E-state index contributed by atoms with van der Waals surface area (Å²) in [6.45, 7) is 9.45. The number of carbonyl (C=O) groups excluding carboxylic acids is 1. The number of hydrogen-bond donors (Lipinski definition) is 1. The van der Waals surface area contributed by atoms with Gasteiger partial charge in [-0.25, -0.2) is 4.79 Å². The van der Waals surface area contributed by atoms with Gasteiger partial charge in [-0.1, -0.05) is 0 Å². The summed E-state index contributed by atoms with van der Waals surface area (Å²) in [4.78, 5) is 13.8. The molecule has 0 bridgehead atoms. The number of ether oxygens (including phenoxy) is 2. The topological polar surface area (TPSA) is 64.8 Å². The summed E-state index contributed by atoms with van der Waals surface area (Å²) in [5.74, 6) is 0. The van der Waals surface area contributed by atoms with Crippen molar-refractivity contribution in [1.82, 2.24) is 4.90 Å². The molecule has 0 spiro atoms. The number of nitrogens with two attached hydrogens (primary N) is 1. The van der Waals surface area contributed by atoms with E-state index in [-0.39, 0.29) is 18.3 Å². The molecule has 1 amide bonds. The first-order valence-electron chi connectivity index (χ1n) is 7.15. The zero-order chi connectivity index (χ0) is 14.5. The lowest BCUT2D eigenvalue weighted by Crippen LogP contribution is -2.42. The molecule has 5 nitrogen and oxygen atoms in total. The molecule has 0 aromatic carbocycles. The van der Waals surface area contributed by atoms with E-state index in [0.29, 0.717) is 13.1 Å². The molecule has 0 aromatic rings. The van der Waals surface area contributed by atoms with Gasteiger partial charge >= 0.3 is 6.09 Å². The lowest BCUT2D eigenvalue weighted by molar-refractivity contribution is -0.0233. The number of nitrogens with zero attached hydrogens (tertiary/aromatic N) is 1. The molecule has 112 valence electrons. The Bertz CT molecular complexity index is 289. The van der Waals surface area contributed by atoms with Gasteiger partial charge in [0.2, 0.25) is 0 Å². The summed E-state index contributed by atoms with van der Waals surface area (Å²) >= 11 is 0. The van der Waals surface area contributed by atoms with Crippen LogP contribution in [-0.4, -0.2) is 48.4 Å². The van der Waals surface area contributed by atoms with E-state index in [2.05, 4.69) is 0 Å². The minimum Gasteiger partial charge on any atom is -0.444 e. The van der Waals surface area contributed by atoms with Gasteiger partial charge in [0.25, 0.3) is 0 Å². The van der Waals surface area contributed by atoms with Crippen molar-refractivity contribution in [3.05, 3.63) is 0 Å². The third-order valence-electron chi connectivity index (χ3n) is 3.04. The lowest BCUT2D eigenvalue weighted by atomic mass is 10.2. The summed E-state index contributed by atoms with van der Waals surface area (Å²) < 4.78 is 11.3. The first-order chi connectivity index (χ1) is 8.81. The van der Waals surface area contributed by atoms with Gasteiger partial charge < -0.3 is 20.1 Å². The fourth-order valence-corrected chi connectivity index (χ4v) is 2.09. The van der Waals surface area contributed by atoms with Crippen molar-refractivity contribution >= 4 is 6.09 Å². The average molecular weight is 272 g/mol. The van der Waals surface area contributed by atoms with Gasteiger partial charge in [-0.15, -0.1) is 0 Å². The molecule has 1 rings (SSSR count). The molecule has 0 radical (unpaired) electrons. The molecule has 2 unspecified atom stereocenters. The molecule has 5 heteroatoms. The van der Waals surface area contributed by atoms with Crippen LogP contribution in [0.3, 0.4) is 0 Å². The summed E-state index contributed by atoms with van der Waals surface area (Å²) in [5.41, 5.74) is 5.12. The van der Waals surface area contributed by atoms with Crippen molar-refractivity contribution in [2.24, 2.45) is 5.73 Å². The standard InChI is InChI=1S/C14H28N2O3/c1-11(9-15)18-12-7-5-6-8-16(10-12)13(17)19-14(2,3)4/h11-12H,5-10,15H2,1-4H3. The maximum atomic E-state index is 12.1. The molecule has 0 saturated carbocycles. The Balaban J connectivity index is 2.55. The number of hydrogen-bond acceptors (Lipinski definition) is 4. The van der Waals surface area contributed by atoms with E-state index >= 15 is 0 Å². The molecule has 0 aliphatic carbocycles. The molecule has 0 aromatic heterocycles. The molecule has 1 aliphatic heterocycles. The molecular weight excluding hydrogens is 244 g/mol. The molecular formula is C14H28N2O3. The van der Waals surface area contributed by atoms with Crippen LogP contribution in [0.25, 0.3) is 0 Å². The highest BCUT2D eigenvalue weighted by Crippen LogP contribution is 2.17. The normalized spacial score (nSPS) is 22.8. The number of likely N-dealkylation sites (tertiary alicyclic amines) is 1. The number of rotatable bonds is 3. The molecule has 2 atom stereocenters. The monoisotopic (exact) mass is 272 g/mol. The quantitative estimate of drug-likeness (QED) is 0.855. The van der Waals surface area contributed by atoms with Crippen molar-refractivity contribution in [2.45, 2.75) is 64.8 Å². The van der Waals surface area contributed by atoms with Crippen LogP contribution in [0.4, 0.5) is 4.79 Å². The minimum absolute atomic E-state index is 0.0311. The predicted molar refractivity (Wildman–Crippen MR) is 75.0 cm³/mol. The van der Waals surface area contributed by atoms with E-state index in [1.54, 1.807) is 4.90 Å². The van der Waals surface area contributed by atoms with Crippen molar-refractivity contribution in [1.29, 1.82) is 0 Å². The molecule has 1 aliphatic rings. The van der Waals surface area contributed by atoms with Crippen LogP contribution in [0.1, 0.15) is 47.0 Å². The van der Waals surface area contributed by atoms with E-state index in [1.807, 2.05) is 27.7 Å². The number of carbonyl (C=O) groups is 1. The van der Waals surface area contributed by atoms with E-state index in [1.165, 1.54) is 0 Å². The largest absolute Gasteiger partial charge is 0.444 e. The highest BCUT2D eigenvalue weighted by molar-refractivity contribution is 5.68. The third-order valence-corrected chi connectivity index (χ3v) is 3.04. The average Bonchev–Trinajstić information content (AvgIpc) is 2.52. The summed E-state index contributed by atoms with van der Waals surface area (Å²) in [6.07, 6.45) is 2.89. The van der Waals surface area contributed by atoms with E-state index in [0.717, 1.165) is 25.8 Å². The van der Waals surface area contributed by atoms with Gasteiger partial charge in [0.05, 0.1) is 18.8 Å². The fourth-order valence-electron chi connectivity index (χ4n) is 2.09. The van der Waals surface area contributed by atoms with Crippen molar-refractivity contribution < 1.29 is 14.3 Å². The molecule has 1 saturated heterocycles. The van der Waals surface area contributed by atoms with Crippen molar-refractivity contribution in [2.75, 3.05) is 19.6 Å². The van der Waals surface area contributed by atoms with Gasteiger partial charge in [0.1, 0.15) is 5.60 Å². The lowest BCUT2D eigenvalue weighted by Gasteiger charge is -2.29. The van der Waals surface area contributed by atoms with Gasteiger partial charge in [-0.05, 0) is 47.0 Å². The van der Waals surface area contributed by atoms with E-state index in [4.69, 9.17) is 15.2 Å². The second kappa shape index (κ2) is 7.10. The smallest absolute Gasteiger partial charge is 0.410 e. The Hall–Kier alpha value is -0.810. The predicted octanol–water partition coefficient (Wildman–Crippen LogP) is 2.14. The Morgan fingerprint density at radius 3 is 2.68 bits per heavy atom. The highest BCUT2D eigenvalue weighted by atomic mass is 16.6. The van der Waals surface area contributed by atoms with Crippen LogP contribution < -0.4 is 5.73 Å². The minimum atomic E-state index is -0.454. The van der Waals surface area contributed by atoms with Gasteiger partial charge in [0.15, 0.2) is 0 Å². The fraction of sp³-hybridized carbons (Fsp3) is 0.929. The van der Waals surface area contributed by atoms with Crippen LogP contribution in [-0.2, 0) is 9.47 Å². The number of amides is 1. The summed E-state index contributed by atoms with van der Waals surface area (Å²) in [6, 6.07) is 0. The third kappa shape index (κ3) is 6.25. The zero-order valence-electron chi connectivity index (χ0n) is 12.6. The maximum absolute atomic E-state index is 12.1. The molecule has 2 N–H and O–H groups in total. The van der Waals surface area contributed by atoms with E-state index in [9.17, 15) is 4.79 Å². The molecule has 19 heavy (non-hydrogen) atoms. The Labute approximate surface area is 116 Å². The molecule has 1 fully saturated rings. The first kappa shape index (κ1) is 16.2. The van der Waals surface area contributed by atoms with Gasteiger partial charge in [-0.2, -0.15) is 0 Å². The highest BCUT2D eigenvalue weighted by Gasteiger charge is 2.27. The SMILES string of the molecule is CC(CN)OC1CCCCN(C(=O)OC(C)(C)C)C1. The van der Waals surface area contributed by atoms with Crippen LogP contribution in [0.2, 0.25) is 0 Å². The first-order valence-corrected chi connectivity index (χ1v) is 7.15. The second-order valence-corrected chi connectivity index (χ2v) is 6.23. The Morgan fingerprint density at radius 2 is 2.11 bits per heavy atom. The summed E-state index contributed by atoms with van der Waals surface area (Å²) in [5, 5.41) is 0. The Morgan fingerprint density at radius 1 is 1.42 bits per heavy atom.